The van der Waals surface area contributed by atoms with E-state index in [0.29, 0.717) is 25.3 Å². The van der Waals surface area contributed by atoms with Crippen LogP contribution in [0.15, 0.2) is 48.5 Å². The molecule has 1 fully saturated rings. The first-order chi connectivity index (χ1) is 15.3. The van der Waals surface area contributed by atoms with E-state index >= 15 is 0 Å². The number of nitrogens with one attached hydrogen (secondary N) is 2. The van der Waals surface area contributed by atoms with E-state index in [2.05, 4.69) is 15.5 Å². The molecule has 2 aromatic carbocycles. The van der Waals surface area contributed by atoms with Crippen LogP contribution in [0.5, 0.6) is 0 Å². The van der Waals surface area contributed by atoms with E-state index in [9.17, 15) is 14.0 Å². The summed E-state index contributed by atoms with van der Waals surface area (Å²) < 4.78 is 18.9. The normalized spacial score (nSPS) is 16.4. The summed E-state index contributed by atoms with van der Waals surface area (Å²) >= 11 is 0. The van der Waals surface area contributed by atoms with Crippen molar-refractivity contribution in [1.29, 1.82) is 0 Å². The molecule has 7 heteroatoms. The van der Waals surface area contributed by atoms with Crippen molar-refractivity contribution >= 4 is 11.8 Å². The molecule has 0 bridgehead atoms. The van der Waals surface area contributed by atoms with Gasteiger partial charge in [-0.1, -0.05) is 43.7 Å². The molecule has 1 aliphatic rings. The van der Waals surface area contributed by atoms with E-state index in [1.54, 1.807) is 24.3 Å². The van der Waals surface area contributed by atoms with Crippen LogP contribution in [0.4, 0.5) is 4.39 Å². The highest BCUT2D eigenvalue weighted by atomic mass is 19.1. The van der Waals surface area contributed by atoms with Crippen LogP contribution in [0, 0.1) is 18.7 Å². The van der Waals surface area contributed by atoms with Gasteiger partial charge < -0.3 is 15.4 Å². The minimum absolute atomic E-state index is 0.0867. The smallest absolute Gasteiger partial charge is 0.251 e. The summed E-state index contributed by atoms with van der Waals surface area (Å²) in [7, 11) is 0. The summed E-state index contributed by atoms with van der Waals surface area (Å²) in [5, 5.41) is 5.89. The number of benzene rings is 2. The average Bonchev–Trinajstić information content (AvgIpc) is 2.79. The number of carbonyl (C=O) groups excluding carboxylic acids is 2. The number of halogens is 1. The van der Waals surface area contributed by atoms with Crippen LogP contribution < -0.4 is 10.6 Å². The molecule has 2 amide bonds. The SMILES string of the molecule is Cc1cccc(C(=O)NC(C(=O)NCC(c2ccc(F)cc2)N2CCOCC2)C(C)C)c1. The molecule has 2 N–H and O–H groups in total. The first kappa shape index (κ1) is 23.9. The van der Waals surface area contributed by atoms with Gasteiger partial charge in [0.1, 0.15) is 11.9 Å². The lowest BCUT2D eigenvalue weighted by atomic mass is 10.0. The minimum Gasteiger partial charge on any atom is -0.379 e. The number of aryl methyl sites for hydroxylation is 1. The van der Waals surface area contributed by atoms with E-state index in [1.807, 2.05) is 32.9 Å². The summed E-state index contributed by atoms with van der Waals surface area (Å²) in [4.78, 5) is 28.0. The molecule has 32 heavy (non-hydrogen) atoms. The molecule has 0 spiro atoms. The lowest BCUT2D eigenvalue weighted by molar-refractivity contribution is -0.124. The second-order valence-electron chi connectivity index (χ2n) is 8.53. The summed E-state index contributed by atoms with van der Waals surface area (Å²) in [5.74, 6) is -0.888. The van der Waals surface area contributed by atoms with Crippen LogP contribution in [-0.2, 0) is 9.53 Å². The number of amides is 2. The molecule has 0 saturated carbocycles. The molecular formula is C25H32FN3O3. The minimum atomic E-state index is -0.665. The van der Waals surface area contributed by atoms with E-state index in [-0.39, 0.29) is 29.6 Å². The molecule has 1 heterocycles. The highest BCUT2D eigenvalue weighted by Gasteiger charge is 2.28. The zero-order valence-corrected chi connectivity index (χ0v) is 18.9. The molecule has 1 saturated heterocycles. The van der Waals surface area contributed by atoms with Crippen LogP contribution >= 0.6 is 0 Å². The van der Waals surface area contributed by atoms with Crippen molar-refractivity contribution in [3.05, 3.63) is 71.0 Å². The Balaban J connectivity index is 1.69. The fourth-order valence-electron chi connectivity index (χ4n) is 3.88. The molecule has 2 aromatic rings. The first-order valence-electron chi connectivity index (χ1n) is 11.1. The highest BCUT2D eigenvalue weighted by molar-refractivity contribution is 5.97. The number of nitrogens with zero attached hydrogens (tertiary/aromatic N) is 1. The Bertz CT molecular complexity index is 911. The third-order valence-electron chi connectivity index (χ3n) is 5.73. The van der Waals surface area contributed by atoms with Gasteiger partial charge in [-0.2, -0.15) is 0 Å². The van der Waals surface area contributed by atoms with Crippen LogP contribution in [0.1, 0.15) is 41.4 Å². The number of rotatable bonds is 8. The van der Waals surface area contributed by atoms with Gasteiger partial charge in [-0.05, 0) is 42.7 Å². The van der Waals surface area contributed by atoms with Gasteiger partial charge in [-0.15, -0.1) is 0 Å². The Morgan fingerprint density at radius 3 is 2.41 bits per heavy atom. The lowest BCUT2D eigenvalue weighted by Crippen LogP contribution is -2.52. The Morgan fingerprint density at radius 1 is 1.09 bits per heavy atom. The van der Waals surface area contributed by atoms with Crippen LogP contribution in [0.25, 0.3) is 0 Å². The Hall–Kier alpha value is -2.77. The van der Waals surface area contributed by atoms with Gasteiger partial charge in [0.2, 0.25) is 5.91 Å². The molecule has 1 aliphatic heterocycles. The largest absolute Gasteiger partial charge is 0.379 e. The van der Waals surface area contributed by atoms with Crippen LogP contribution in [0.2, 0.25) is 0 Å². The maximum absolute atomic E-state index is 13.4. The summed E-state index contributed by atoms with van der Waals surface area (Å²) in [5.41, 5.74) is 2.44. The van der Waals surface area contributed by atoms with Crippen molar-refractivity contribution in [2.24, 2.45) is 5.92 Å². The Labute approximate surface area is 189 Å². The molecule has 2 atom stereocenters. The second kappa shape index (κ2) is 11.2. The Morgan fingerprint density at radius 2 is 1.78 bits per heavy atom. The molecular weight excluding hydrogens is 409 g/mol. The number of hydrogen-bond acceptors (Lipinski definition) is 4. The average molecular weight is 442 g/mol. The van der Waals surface area contributed by atoms with Gasteiger partial charge >= 0.3 is 0 Å². The molecule has 172 valence electrons. The number of hydrogen-bond donors (Lipinski definition) is 2. The maximum Gasteiger partial charge on any atom is 0.251 e. The van der Waals surface area contributed by atoms with E-state index in [0.717, 1.165) is 24.2 Å². The zero-order chi connectivity index (χ0) is 23.1. The summed E-state index contributed by atoms with van der Waals surface area (Å²) in [6.07, 6.45) is 0. The molecule has 6 nitrogen and oxygen atoms in total. The van der Waals surface area contributed by atoms with E-state index in [1.165, 1.54) is 12.1 Å². The maximum atomic E-state index is 13.4. The standard InChI is InChI=1S/C25H32FN3O3/c1-17(2)23(28-24(30)20-6-4-5-18(3)15-20)25(31)27-16-22(29-11-13-32-14-12-29)19-7-9-21(26)10-8-19/h4-10,15,17,22-23H,11-14,16H2,1-3H3,(H,27,31)(H,28,30). The fourth-order valence-corrected chi connectivity index (χ4v) is 3.88. The molecule has 2 unspecified atom stereocenters. The van der Waals surface area contributed by atoms with Crippen molar-refractivity contribution in [1.82, 2.24) is 15.5 Å². The van der Waals surface area contributed by atoms with Gasteiger partial charge in [-0.3, -0.25) is 14.5 Å². The lowest BCUT2D eigenvalue weighted by Gasteiger charge is -2.35. The number of ether oxygens (including phenoxy) is 1. The van der Waals surface area contributed by atoms with Crippen molar-refractivity contribution in [3.63, 3.8) is 0 Å². The molecule has 3 rings (SSSR count). The topological polar surface area (TPSA) is 70.7 Å². The second-order valence-corrected chi connectivity index (χ2v) is 8.53. The quantitative estimate of drug-likeness (QED) is 0.661. The summed E-state index contributed by atoms with van der Waals surface area (Å²) in [6.45, 7) is 8.78. The van der Waals surface area contributed by atoms with Crippen molar-refractivity contribution < 1.29 is 18.7 Å². The Kier molecular flexibility index (Phi) is 8.36. The summed E-state index contributed by atoms with van der Waals surface area (Å²) in [6, 6.07) is 12.9. The van der Waals surface area contributed by atoms with Gasteiger partial charge in [0, 0.05) is 25.2 Å². The van der Waals surface area contributed by atoms with Gasteiger partial charge in [0.15, 0.2) is 0 Å². The van der Waals surface area contributed by atoms with E-state index in [4.69, 9.17) is 4.74 Å². The van der Waals surface area contributed by atoms with Crippen LogP contribution in [-0.4, -0.2) is 55.6 Å². The van der Waals surface area contributed by atoms with Gasteiger partial charge in [0.25, 0.3) is 5.91 Å². The molecule has 0 aliphatic carbocycles. The van der Waals surface area contributed by atoms with Crippen molar-refractivity contribution in [2.45, 2.75) is 32.9 Å². The van der Waals surface area contributed by atoms with Gasteiger partial charge in [0.05, 0.1) is 19.3 Å². The third-order valence-corrected chi connectivity index (χ3v) is 5.73. The first-order valence-corrected chi connectivity index (χ1v) is 11.1. The van der Waals surface area contributed by atoms with Crippen molar-refractivity contribution in [3.8, 4) is 0 Å². The fraction of sp³-hybridized carbons (Fsp3) is 0.440. The monoisotopic (exact) mass is 441 g/mol. The molecule has 0 radical (unpaired) electrons. The third kappa shape index (κ3) is 6.37. The highest BCUT2D eigenvalue weighted by Crippen LogP contribution is 2.22. The van der Waals surface area contributed by atoms with Crippen molar-refractivity contribution in [2.75, 3.05) is 32.8 Å². The van der Waals surface area contributed by atoms with Gasteiger partial charge in [-0.25, -0.2) is 4.39 Å². The number of carbonyl (C=O) groups is 2. The number of morpholine rings is 1. The predicted octanol–water partition coefficient (Wildman–Crippen LogP) is 3.08. The predicted molar refractivity (Wildman–Crippen MR) is 122 cm³/mol. The van der Waals surface area contributed by atoms with E-state index < -0.39 is 6.04 Å². The van der Waals surface area contributed by atoms with Crippen LogP contribution in [0.3, 0.4) is 0 Å². The zero-order valence-electron chi connectivity index (χ0n) is 18.9. The molecule has 0 aromatic heterocycles.